The molecule has 30 heavy (non-hydrogen) atoms. The summed E-state index contributed by atoms with van der Waals surface area (Å²) >= 11 is 0. The van der Waals surface area contributed by atoms with E-state index >= 15 is 0 Å². The standard InChI is InChI=1S/C24H20FN5/c1-15(2)22-13-28-24-23(27-11-17-7-3-5-16-6-4-8-20(16)17)29-21(14-30(22)24)18-9-19(25)12-26-10-18/h3-5,7-10,12-14H,1,6,11H2,2H3,(H,27,29). The third-order valence-electron chi connectivity index (χ3n) is 5.29. The summed E-state index contributed by atoms with van der Waals surface area (Å²) in [7, 11) is 0. The number of imidazole rings is 1. The quantitative estimate of drug-likeness (QED) is 0.506. The molecule has 4 aromatic rings. The number of nitrogens with zero attached hydrogens (tertiary/aromatic N) is 4. The predicted molar refractivity (Wildman–Crippen MR) is 117 cm³/mol. The summed E-state index contributed by atoms with van der Waals surface area (Å²) in [5.74, 6) is 0.227. The number of hydrogen-bond donors (Lipinski definition) is 1. The maximum Gasteiger partial charge on any atom is 0.180 e. The van der Waals surface area contributed by atoms with E-state index in [1.54, 1.807) is 12.4 Å². The number of anilines is 1. The van der Waals surface area contributed by atoms with E-state index in [-0.39, 0.29) is 0 Å². The van der Waals surface area contributed by atoms with Crippen LogP contribution < -0.4 is 5.32 Å². The third kappa shape index (κ3) is 3.16. The molecule has 5 rings (SSSR count). The highest BCUT2D eigenvalue weighted by atomic mass is 19.1. The van der Waals surface area contributed by atoms with Gasteiger partial charge in [-0.05, 0) is 41.7 Å². The van der Waals surface area contributed by atoms with Crippen molar-refractivity contribution < 1.29 is 4.39 Å². The van der Waals surface area contributed by atoms with Gasteiger partial charge >= 0.3 is 0 Å². The molecule has 0 aliphatic heterocycles. The largest absolute Gasteiger partial charge is 0.363 e. The molecule has 1 aliphatic rings. The van der Waals surface area contributed by atoms with E-state index < -0.39 is 5.82 Å². The molecule has 1 aromatic carbocycles. The summed E-state index contributed by atoms with van der Waals surface area (Å²) in [5, 5.41) is 3.44. The highest BCUT2D eigenvalue weighted by Crippen LogP contribution is 2.27. The fourth-order valence-electron chi connectivity index (χ4n) is 3.81. The van der Waals surface area contributed by atoms with Gasteiger partial charge in [-0.1, -0.05) is 36.9 Å². The van der Waals surface area contributed by atoms with Crippen molar-refractivity contribution in [1.82, 2.24) is 19.4 Å². The highest BCUT2D eigenvalue weighted by Gasteiger charge is 2.15. The minimum Gasteiger partial charge on any atom is -0.363 e. The molecule has 0 amide bonds. The number of rotatable bonds is 5. The van der Waals surface area contributed by atoms with Crippen molar-refractivity contribution in [2.75, 3.05) is 5.32 Å². The summed E-state index contributed by atoms with van der Waals surface area (Å²) < 4.78 is 15.7. The molecule has 6 heteroatoms. The van der Waals surface area contributed by atoms with E-state index in [4.69, 9.17) is 4.98 Å². The van der Waals surface area contributed by atoms with Gasteiger partial charge in [0.05, 0.1) is 23.8 Å². The van der Waals surface area contributed by atoms with Crippen LogP contribution in [0.15, 0.2) is 61.7 Å². The normalized spacial score (nSPS) is 12.3. The Hall–Kier alpha value is -3.80. The molecule has 0 radical (unpaired) electrons. The first kappa shape index (κ1) is 18.2. The molecule has 3 aromatic heterocycles. The van der Waals surface area contributed by atoms with Crippen molar-refractivity contribution >= 4 is 23.1 Å². The van der Waals surface area contributed by atoms with Gasteiger partial charge in [-0.15, -0.1) is 0 Å². The zero-order chi connectivity index (χ0) is 20.7. The second-order valence-electron chi connectivity index (χ2n) is 7.43. The van der Waals surface area contributed by atoms with Crippen LogP contribution in [0.2, 0.25) is 0 Å². The van der Waals surface area contributed by atoms with Crippen LogP contribution in [0.3, 0.4) is 0 Å². The van der Waals surface area contributed by atoms with Crippen LogP contribution in [0, 0.1) is 5.82 Å². The molecular weight excluding hydrogens is 377 g/mol. The van der Waals surface area contributed by atoms with Crippen molar-refractivity contribution in [2.45, 2.75) is 19.9 Å². The lowest BCUT2D eigenvalue weighted by Crippen LogP contribution is -2.07. The van der Waals surface area contributed by atoms with Crippen LogP contribution in [-0.2, 0) is 13.0 Å². The topological polar surface area (TPSA) is 55.1 Å². The molecule has 0 spiro atoms. The second kappa shape index (κ2) is 7.22. The van der Waals surface area contributed by atoms with E-state index in [0.29, 0.717) is 29.3 Å². The van der Waals surface area contributed by atoms with Gasteiger partial charge in [-0.2, -0.15) is 0 Å². The average molecular weight is 397 g/mol. The minimum absolute atomic E-state index is 0.402. The maximum absolute atomic E-state index is 13.8. The molecule has 148 valence electrons. The summed E-state index contributed by atoms with van der Waals surface area (Å²) in [4.78, 5) is 13.3. The number of pyridine rings is 1. The Labute approximate surface area is 173 Å². The van der Waals surface area contributed by atoms with Gasteiger partial charge in [0.2, 0.25) is 0 Å². The van der Waals surface area contributed by atoms with Crippen LogP contribution in [0.25, 0.3) is 28.6 Å². The van der Waals surface area contributed by atoms with Gasteiger partial charge in [-0.25, -0.2) is 14.4 Å². The van der Waals surface area contributed by atoms with Crippen LogP contribution in [0.1, 0.15) is 29.3 Å². The Morgan fingerprint density at radius 1 is 1.27 bits per heavy atom. The summed E-state index contributed by atoms with van der Waals surface area (Å²) in [6.45, 7) is 6.58. The number of nitrogens with one attached hydrogen (secondary N) is 1. The molecule has 5 nitrogen and oxygen atoms in total. The fraction of sp³-hybridized carbons (Fsp3) is 0.125. The molecule has 3 heterocycles. The van der Waals surface area contributed by atoms with Gasteiger partial charge in [0.25, 0.3) is 0 Å². The molecule has 1 aliphatic carbocycles. The van der Waals surface area contributed by atoms with Crippen molar-refractivity contribution in [2.24, 2.45) is 0 Å². The smallest absolute Gasteiger partial charge is 0.180 e. The second-order valence-corrected chi connectivity index (χ2v) is 7.43. The lowest BCUT2D eigenvalue weighted by atomic mass is 10.0. The Morgan fingerprint density at radius 2 is 2.17 bits per heavy atom. The maximum atomic E-state index is 13.8. The summed E-state index contributed by atoms with van der Waals surface area (Å²) in [6, 6.07) is 7.77. The molecule has 0 fully saturated rings. The fourth-order valence-corrected chi connectivity index (χ4v) is 3.81. The minimum atomic E-state index is -0.402. The predicted octanol–water partition coefficient (Wildman–Crippen LogP) is 5.14. The van der Waals surface area contributed by atoms with Crippen LogP contribution in [0.4, 0.5) is 10.2 Å². The zero-order valence-electron chi connectivity index (χ0n) is 16.6. The van der Waals surface area contributed by atoms with E-state index in [2.05, 4.69) is 52.2 Å². The van der Waals surface area contributed by atoms with Crippen LogP contribution >= 0.6 is 0 Å². The molecular formula is C24H20FN5. The lowest BCUT2D eigenvalue weighted by molar-refractivity contribution is 0.622. The Bertz CT molecular complexity index is 1320. The van der Waals surface area contributed by atoms with Crippen molar-refractivity contribution in [3.8, 4) is 11.3 Å². The van der Waals surface area contributed by atoms with E-state index in [9.17, 15) is 4.39 Å². The SMILES string of the molecule is C=C(C)c1cnc2c(NCc3cccc4c3C=CC4)nc(-c3cncc(F)c3)cn12. The van der Waals surface area contributed by atoms with E-state index in [1.807, 2.05) is 17.5 Å². The van der Waals surface area contributed by atoms with Gasteiger partial charge < -0.3 is 5.32 Å². The van der Waals surface area contributed by atoms with Crippen molar-refractivity contribution in [3.05, 3.63) is 89.9 Å². The molecule has 0 saturated heterocycles. The van der Waals surface area contributed by atoms with E-state index in [0.717, 1.165) is 17.7 Å². The Balaban J connectivity index is 1.59. The molecule has 0 unspecified atom stereocenters. The molecule has 0 bridgehead atoms. The number of aromatic nitrogens is 4. The van der Waals surface area contributed by atoms with Crippen molar-refractivity contribution in [1.29, 1.82) is 0 Å². The summed E-state index contributed by atoms with van der Waals surface area (Å²) in [5.41, 5.74) is 7.46. The van der Waals surface area contributed by atoms with Gasteiger partial charge in [0.15, 0.2) is 11.5 Å². The average Bonchev–Trinajstić information content (AvgIpc) is 3.39. The number of benzene rings is 1. The van der Waals surface area contributed by atoms with Gasteiger partial charge in [-0.3, -0.25) is 9.38 Å². The van der Waals surface area contributed by atoms with E-state index in [1.165, 1.54) is 29.0 Å². The number of fused-ring (bicyclic) bond motifs is 2. The molecule has 1 N–H and O–H groups in total. The van der Waals surface area contributed by atoms with Gasteiger partial charge in [0, 0.05) is 24.5 Å². The monoisotopic (exact) mass is 397 g/mol. The highest BCUT2D eigenvalue weighted by molar-refractivity contribution is 5.73. The molecule has 0 atom stereocenters. The first-order chi connectivity index (χ1) is 14.6. The van der Waals surface area contributed by atoms with Crippen LogP contribution in [0.5, 0.6) is 0 Å². The number of halogens is 1. The molecule has 0 saturated carbocycles. The van der Waals surface area contributed by atoms with Crippen molar-refractivity contribution in [3.63, 3.8) is 0 Å². The number of hydrogen-bond acceptors (Lipinski definition) is 4. The van der Waals surface area contributed by atoms with Crippen LogP contribution in [-0.4, -0.2) is 19.4 Å². The zero-order valence-corrected chi connectivity index (χ0v) is 16.6. The first-order valence-corrected chi connectivity index (χ1v) is 9.76. The number of allylic oxidation sites excluding steroid dienone is 2. The lowest BCUT2D eigenvalue weighted by Gasteiger charge is -2.13. The first-order valence-electron chi connectivity index (χ1n) is 9.76. The Morgan fingerprint density at radius 3 is 3.00 bits per heavy atom. The summed E-state index contributed by atoms with van der Waals surface area (Å²) in [6.07, 6.45) is 11.7. The van der Waals surface area contributed by atoms with Gasteiger partial charge in [0.1, 0.15) is 5.82 Å². The third-order valence-corrected chi connectivity index (χ3v) is 5.29. The Kier molecular flexibility index (Phi) is 4.39.